The Hall–Kier alpha value is -4.86. The molecule has 2 aliphatic rings. The number of piperazine rings is 1. The number of benzene rings is 1. The number of aromatic nitrogens is 3. The van der Waals surface area contributed by atoms with Crippen LogP contribution in [0.5, 0.6) is 0 Å². The molecule has 2 aromatic heterocycles. The standard InChI is InChI=1S/C28H26F3N7O3/c29-28(30,31)26-22(16-34-35-27(26)40)38-17-20-4-1-2-5-21(20)23(38)18-41-13-3-6-25(39)37-11-9-36(10-12-37)24-8-7-19(14-32)15-33-24/h1-5,7-8,13,15-16,23H,6,9-12,17-18H2,(H,35,40)/t23-/m1/s1. The van der Waals surface area contributed by atoms with E-state index in [4.69, 9.17) is 10.00 Å². The van der Waals surface area contributed by atoms with Gasteiger partial charge in [0, 0.05) is 45.3 Å². The number of ether oxygens (including phenoxy) is 1. The number of alkyl halides is 3. The Kier molecular flexibility index (Phi) is 7.91. The van der Waals surface area contributed by atoms with Crippen LogP contribution in [0.4, 0.5) is 24.7 Å². The summed E-state index contributed by atoms with van der Waals surface area (Å²) in [5.41, 5.74) is -0.830. The van der Waals surface area contributed by atoms with Crippen LogP contribution in [0.3, 0.4) is 0 Å². The van der Waals surface area contributed by atoms with E-state index < -0.39 is 23.3 Å². The predicted octanol–water partition coefficient (Wildman–Crippen LogP) is 3.39. The number of hydrogen-bond donors (Lipinski definition) is 1. The lowest BCUT2D eigenvalue weighted by molar-refractivity contribution is -0.138. The summed E-state index contributed by atoms with van der Waals surface area (Å²) < 4.78 is 47.0. The van der Waals surface area contributed by atoms with Gasteiger partial charge in [0.25, 0.3) is 5.56 Å². The van der Waals surface area contributed by atoms with Crippen molar-refractivity contribution >= 4 is 17.4 Å². The van der Waals surface area contributed by atoms with Crippen LogP contribution in [0.1, 0.15) is 34.7 Å². The number of pyridine rings is 1. The number of hydrogen-bond acceptors (Lipinski definition) is 8. The van der Waals surface area contributed by atoms with Crippen LogP contribution in [0.25, 0.3) is 0 Å². The molecule has 4 heterocycles. The highest BCUT2D eigenvalue weighted by Gasteiger charge is 2.42. The molecule has 1 fully saturated rings. The number of nitrogens with one attached hydrogen (secondary N) is 1. The van der Waals surface area contributed by atoms with E-state index >= 15 is 0 Å². The van der Waals surface area contributed by atoms with Crippen LogP contribution in [0.15, 0.2) is 65.9 Å². The lowest BCUT2D eigenvalue weighted by atomic mass is 10.1. The maximum absolute atomic E-state index is 13.8. The zero-order valence-electron chi connectivity index (χ0n) is 21.8. The van der Waals surface area contributed by atoms with Crippen LogP contribution in [0, 0.1) is 11.3 Å². The van der Waals surface area contributed by atoms with Crippen molar-refractivity contribution < 1.29 is 22.7 Å². The van der Waals surface area contributed by atoms with Crippen LogP contribution >= 0.6 is 0 Å². The fourth-order valence-electron chi connectivity index (χ4n) is 5.10. The highest BCUT2D eigenvalue weighted by molar-refractivity contribution is 5.78. The minimum atomic E-state index is -4.86. The first-order valence-electron chi connectivity index (χ1n) is 12.9. The molecule has 0 unspecified atom stereocenters. The number of nitrogens with zero attached hydrogens (tertiary/aromatic N) is 6. The van der Waals surface area contributed by atoms with Crippen molar-refractivity contribution in [2.75, 3.05) is 42.6 Å². The molecule has 0 spiro atoms. The van der Waals surface area contributed by atoms with Gasteiger partial charge in [-0.3, -0.25) is 9.59 Å². The summed E-state index contributed by atoms with van der Waals surface area (Å²) in [4.78, 5) is 34.3. The molecular weight excluding hydrogens is 539 g/mol. The van der Waals surface area contributed by atoms with Gasteiger partial charge in [0.15, 0.2) is 0 Å². The summed E-state index contributed by atoms with van der Waals surface area (Å²) in [5.74, 6) is 0.680. The Morgan fingerprint density at radius 1 is 1.15 bits per heavy atom. The van der Waals surface area contributed by atoms with Gasteiger partial charge in [0.1, 0.15) is 24.1 Å². The Balaban J connectivity index is 1.18. The lowest BCUT2D eigenvalue weighted by Crippen LogP contribution is -2.48. The number of anilines is 2. The average Bonchev–Trinajstić information content (AvgIpc) is 3.34. The fourth-order valence-corrected chi connectivity index (χ4v) is 5.10. The van der Waals surface area contributed by atoms with Crippen LogP contribution < -0.4 is 15.4 Å². The molecule has 212 valence electrons. The SMILES string of the molecule is N#Cc1ccc(N2CCN(C(=O)CC=COC[C@@H]3c4ccccc4CN3c3cn[nH]c(=O)c3C(F)(F)F)CC2)nc1. The quantitative estimate of drug-likeness (QED) is 0.434. The number of H-pyrrole nitrogens is 1. The second-order valence-electron chi connectivity index (χ2n) is 9.59. The monoisotopic (exact) mass is 565 g/mol. The second kappa shape index (κ2) is 11.7. The fraction of sp³-hybridized carbons (Fsp3) is 0.321. The van der Waals surface area contributed by atoms with E-state index in [-0.39, 0.29) is 31.2 Å². The van der Waals surface area contributed by atoms with E-state index in [1.165, 1.54) is 17.4 Å². The molecule has 1 N–H and O–H groups in total. The maximum Gasteiger partial charge on any atom is 0.423 e. The minimum absolute atomic E-state index is 0.00205. The van der Waals surface area contributed by atoms with Gasteiger partial charge < -0.3 is 19.4 Å². The number of rotatable bonds is 7. The maximum atomic E-state index is 13.8. The van der Waals surface area contributed by atoms with Gasteiger partial charge in [-0.2, -0.15) is 23.5 Å². The number of carbonyl (C=O) groups is 1. The number of amides is 1. The van der Waals surface area contributed by atoms with E-state index in [9.17, 15) is 22.8 Å². The molecule has 0 aliphatic carbocycles. The molecule has 1 saturated heterocycles. The molecule has 1 amide bonds. The molecule has 1 aromatic carbocycles. The summed E-state index contributed by atoms with van der Waals surface area (Å²) in [7, 11) is 0. The smallest absolute Gasteiger partial charge is 0.423 e. The van der Waals surface area contributed by atoms with Crippen molar-refractivity contribution in [2.45, 2.75) is 25.2 Å². The third-order valence-electron chi connectivity index (χ3n) is 7.13. The predicted molar refractivity (Wildman–Crippen MR) is 143 cm³/mol. The van der Waals surface area contributed by atoms with Gasteiger partial charge >= 0.3 is 6.18 Å². The Morgan fingerprint density at radius 2 is 1.93 bits per heavy atom. The average molecular weight is 566 g/mol. The Bertz CT molecular complexity index is 1520. The number of carbonyl (C=O) groups excluding carboxylic acids is 1. The first kappa shape index (κ1) is 27.7. The number of nitriles is 1. The van der Waals surface area contributed by atoms with Gasteiger partial charge in [-0.25, -0.2) is 10.1 Å². The highest BCUT2D eigenvalue weighted by atomic mass is 19.4. The first-order valence-corrected chi connectivity index (χ1v) is 12.9. The van der Waals surface area contributed by atoms with E-state index in [0.717, 1.165) is 23.1 Å². The third-order valence-corrected chi connectivity index (χ3v) is 7.13. The summed E-state index contributed by atoms with van der Waals surface area (Å²) in [5, 5.41) is 14.4. The zero-order valence-corrected chi connectivity index (χ0v) is 21.8. The molecule has 3 aromatic rings. The Labute approximate surface area is 233 Å². The van der Waals surface area contributed by atoms with E-state index in [1.54, 1.807) is 35.2 Å². The van der Waals surface area contributed by atoms with Crippen molar-refractivity contribution in [2.24, 2.45) is 0 Å². The molecule has 0 bridgehead atoms. The second-order valence-corrected chi connectivity index (χ2v) is 9.59. The van der Waals surface area contributed by atoms with Crippen molar-refractivity contribution in [3.63, 3.8) is 0 Å². The van der Waals surface area contributed by atoms with Gasteiger partial charge in [0.2, 0.25) is 5.91 Å². The van der Waals surface area contributed by atoms with Crippen molar-refractivity contribution in [3.05, 3.63) is 93.7 Å². The van der Waals surface area contributed by atoms with Crippen molar-refractivity contribution in [3.8, 4) is 6.07 Å². The van der Waals surface area contributed by atoms with Gasteiger partial charge in [-0.05, 0) is 29.3 Å². The molecule has 2 aliphatic heterocycles. The zero-order chi connectivity index (χ0) is 29.0. The van der Waals surface area contributed by atoms with E-state index in [0.29, 0.717) is 31.7 Å². The topological polar surface area (TPSA) is 118 Å². The Morgan fingerprint density at radius 3 is 2.63 bits per heavy atom. The van der Waals surface area contributed by atoms with Crippen LogP contribution in [-0.2, 0) is 22.3 Å². The highest BCUT2D eigenvalue weighted by Crippen LogP contribution is 2.42. The summed E-state index contributed by atoms with van der Waals surface area (Å²) in [6.45, 7) is 2.42. The first-order chi connectivity index (χ1) is 19.8. The summed E-state index contributed by atoms with van der Waals surface area (Å²) in [6, 6.07) is 12.2. The normalized spacial score (nSPS) is 17.0. The molecule has 13 heteroatoms. The molecule has 5 rings (SSSR count). The van der Waals surface area contributed by atoms with Crippen molar-refractivity contribution in [1.29, 1.82) is 5.26 Å². The van der Waals surface area contributed by atoms with Gasteiger partial charge in [-0.15, -0.1) is 0 Å². The summed E-state index contributed by atoms with van der Waals surface area (Å²) >= 11 is 0. The largest absolute Gasteiger partial charge is 0.499 e. The molecule has 0 radical (unpaired) electrons. The van der Waals surface area contributed by atoms with Crippen molar-refractivity contribution in [1.82, 2.24) is 20.1 Å². The van der Waals surface area contributed by atoms with Crippen LogP contribution in [-0.4, -0.2) is 58.8 Å². The molecular formula is C28H26F3N7O3. The summed E-state index contributed by atoms with van der Waals surface area (Å²) in [6.07, 6.45) is 0.737. The minimum Gasteiger partial charge on any atom is -0.499 e. The van der Waals surface area contributed by atoms with Crippen LogP contribution in [0.2, 0.25) is 0 Å². The lowest BCUT2D eigenvalue weighted by Gasteiger charge is -2.35. The van der Waals surface area contributed by atoms with E-state index in [1.807, 2.05) is 23.3 Å². The number of halogens is 3. The molecule has 1 atom stereocenters. The van der Waals surface area contributed by atoms with E-state index in [2.05, 4.69) is 15.0 Å². The molecule has 0 saturated carbocycles. The van der Waals surface area contributed by atoms with Gasteiger partial charge in [0.05, 0.1) is 29.8 Å². The number of aromatic amines is 1. The third kappa shape index (κ3) is 6.01. The van der Waals surface area contributed by atoms with Gasteiger partial charge in [-0.1, -0.05) is 24.3 Å². The number of fused-ring (bicyclic) bond motifs is 1. The molecule has 41 heavy (non-hydrogen) atoms. The molecule has 10 nitrogen and oxygen atoms in total.